The zero-order chi connectivity index (χ0) is 24.6. The maximum absolute atomic E-state index is 6.43. The first-order valence-electron chi connectivity index (χ1n) is 13.1. The summed E-state index contributed by atoms with van der Waals surface area (Å²) in [5.74, 6) is 0. The van der Waals surface area contributed by atoms with Crippen LogP contribution in [0, 0.1) is 0 Å². The van der Waals surface area contributed by atoms with Crippen LogP contribution in [0.25, 0.3) is 5.57 Å². The number of ether oxygens (including phenoxy) is 1. The molecular formula is C34H35NO. The van der Waals surface area contributed by atoms with E-state index in [-0.39, 0.29) is 6.10 Å². The van der Waals surface area contributed by atoms with Gasteiger partial charge < -0.3 is 9.64 Å². The van der Waals surface area contributed by atoms with Gasteiger partial charge in [-0.1, -0.05) is 115 Å². The summed E-state index contributed by atoms with van der Waals surface area (Å²) in [4.78, 5) is 2.37. The number of aryl methyl sites for hydroxylation is 2. The molecule has 5 rings (SSSR count). The number of benzene rings is 4. The molecular weight excluding hydrogens is 438 g/mol. The number of hydrogen-bond donors (Lipinski definition) is 0. The van der Waals surface area contributed by atoms with E-state index in [0.29, 0.717) is 6.61 Å². The standard InChI is InChI=1S/C34H35NO/c1-35(25-26-36-34(29-15-4-2-5-16-29)30-17-6-3-7-18-30)24-12-21-33-31-19-10-8-13-27(31)22-23-28-14-9-11-20-32(28)33/h2-11,13-21,34H,12,22-26H2,1H3. The van der Waals surface area contributed by atoms with E-state index in [1.165, 1.54) is 39.0 Å². The number of hydrogen-bond acceptors (Lipinski definition) is 2. The molecule has 1 aliphatic rings. The molecule has 0 radical (unpaired) electrons. The van der Waals surface area contributed by atoms with Crippen molar-refractivity contribution in [2.24, 2.45) is 0 Å². The molecule has 1 aliphatic carbocycles. The monoisotopic (exact) mass is 473 g/mol. The Hall–Kier alpha value is -3.46. The third-order valence-corrected chi connectivity index (χ3v) is 7.10. The first-order valence-corrected chi connectivity index (χ1v) is 13.1. The van der Waals surface area contributed by atoms with Gasteiger partial charge in [0.2, 0.25) is 0 Å². The number of likely N-dealkylation sites (N-methyl/N-ethyl adjacent to an activating group) is 1. The van der Waals surface area contributed by atoms with E-state index >= 15 is 0 Å². The Bertz CT molecular complexity index is 1190. The molecule has 0 saturated carbocycles. The lowest BCUT2D eigenvalue weighted by atomic mass is 9.93. The molecule has 0 saturated heterocycles. The van der Waals surface area contributed by atoms with Gasteiger partial charge in [-0.2, -0.15) is 0 Å². The summed E-state index contributed by atoms with van der Waals surface area (Å²) in [5, 5.41) is 0. The van der Waals surface area contributed by atoms with Crippen molar-refractivity contribution in [1.29, 1.82) is 0 Å². The zero-order valence-corrected chi connectivity index (χ0v) is 21.1. The fourth-order valence-corrected chi connectivity index (χ4v) is 5.14. The van der Waals surface area contributed by atoms with Crippen LogP contribution in [0.3, 0.4) is 0 Å². The van der Waals surface area contributed by atoms with Gasteiger partial charge >= 0.3 is 0 Å². The highest BCUT2D eigenvalue weighted by atomic mass is 16.5. The molecule has 0 N–H and O–H groups in total. The molecule has 4 aromatic carbocycles. The van der Waals surface area contributed by atoms with Crippen LogP contribution in [0.1, 0.15) is 45.9 Å². The molecule has 36 heavy (non-hydrogen) atoms. The van der Waals surface area contributed by atoms with Gasteiger partial charge in [-0.15, -0.1) is 0 Å². The second kappa shape index (κ2) is 12.0. The van der Waals surface area contributed by atoms with Crippen molar-refractivity contribution in [2.75, 3.05) is 26.7 Å². The second-order valence-corrected chi connectivity index (χ2v) is 9.60. The normalized spacial score (nSPS) is 12.8. The van der Waals surface area contributed by atoms with E-state index < -0.39 is 0 Å². The van der Waals surface area contributed by atoms with E-state index in [1.807, 2.05) is 0 Å². The Balaban J connectivity index is 1.22. The topological polar surface area (TPSA) is 12.5 Å². The van der Waals surface area contributed by atoms with Crippen LogP contribution in [-0.4, -0.2) is 31.6 Å². The van der Waals surface area contributed by atoms with Crippen molar-refractivity contribution in [1.82, 2.24) is 4.90 Å². The Morgan fingerprint density at radius 2 is 1.17 bits per heavy atom. The number of fused-ring (bicyclic) bond motifs is 2. The first-order chi connectivity index (χ1) is 17.8. The second-order valence-electron chi connectivity index (χ2n) is 9.60. The zero-order valence-electron chi connectivity index (χ0n) is 21.1. The van der Waals surface area contributed by atoms with Crippen molar-refractivity contribution >= 4 is 5.57 Å². The minimum atomic E-state index is -0.0399. The Morgan fingerprint density at radius 1 is 0.667 bits per heavy atom. The summed E-state index contributed by atoms with van der Waals surface area (Å²) < 4.78 is 6.43. The number of rotatable bonds is 9. The van der Waals surface area contributed by atoms with Crippen LogP contribution in [0.2, 0.25) is 0 Å². The maximum atomic E-state index is 6.43. The van der Waals surface area contributed by atoms with Crippen LogP contribution < -0.4 is 0 Å². The predicted molar refractivity (Wildman–Crippen MR) is 150 cm³/mol. The van der Waals surface area contributed by atoms with Gasteiger partial charge in [0.25, 0.3) is 0 Å². The average Bonchev–Trinajstić information content (AvgIpc) is 3.09. The van der Waals surface area contributed by atoms with Crippen LogP contribution >= 0.6 is 0 Å². The Kier molecular flexibility index (Phi) is 8.07. The molecule has 0 unspecified atom stereocenters. The SMILES string of the molecule is CN(CCC=C1c2ccccc2CCc2ccccc21)CCOC(c1ccccc1)c1ccccc1. The van der Waals surface area contributed by atoms with Crippen LogP contribution in [-0.2, 0) is 17.6 Å². The molecule has 2 nitrogen and oxygen atoms in total. The molecule has 182 valence electrons. The Labute approximate surface area is 215 Å². The molecule has 0 aliphatic heterocycles. The van der Waals surface area contributed by atoms with Crippen molar-refractivity contribution in [3.05, 3.63) is 149 Å². The van der Waals surface area contributed by atoms with Crippen molar-refractivity contribution in [2.45, 2.75) is 25.4 Å². The molecule has 0 spiro atoms. The van der Waals surface area contributed by atoms with E-state index in [1.54, 1.807) is 0 Å². The molecule has 2 heteroatoms. The highest BCUT2D eigenvalue weighted by molar-refractivity contribution is 5.83. The van der Waals surface area contributed by atoms with Crippen LogP contribution in [0.15, 0.2) is 115 Å². The van der Waals surface area contributed by atoms with Gasteiger partial charge in [-0.25, -0.2) is 0 Å². The molecule has 0 fully saturated rings. The van der Waals surface area contributed by atoms with E-state index in [9.17, 15) is 0 Å². The summed E-state index contributed by atoms with van der Waals surface area (Å²) in [6, 6.07) is 38.8. The van der Waals surface area contributed by atoms with Gasteiger partial charge in [-0.3, -0.25) is 0 Å². The molecule has 4 aromatic rings. The quantitative estimate of drug-likeness (QED) is 0.252. The highest BCUT2D eigenvalue weighted by Crippen LogP contribution is 2.33. The lowest BCUT2D eigenvalue weighted by Gasteiger charge is -2.22. The lowest BCUT2D eigenvalue weighted by Crippen LogP contribution is -2.25. The molecule has 0 aromatic heterocycles. The maximum Gasteiger partial charge on any atom is 0.108 e. The summed E-state index contributed by atoms with van der Waals surface area (Å²) in [7, 11) is 2.19. The van der Waals surface area contributed by atoms with Gasteiger partial charge in [0.05, 0.1) is 6.61 Å². The molecule has 0 heterocycles. The molecule has 0 atom stereocenters. The van der Waals surface area contributed by atoms with Gasteiger partial charge in [0, 0.05) is 13.1 Å². The first kappa shape index (κ1) is 24.2. The smallest absolute Gasteiger partial charge is 0.108 e. The van der Waals surface area contributed by atoms with Crippen molar-refractivity contribution in [3.63, 3.8) is 0 Å². The van der Waals surface area contributed by atoms with Crippen molar-refractivity contribution < 1.29 is 4.74 Å². The highest BCUT2D eigenvalue weighted by Gasteiger charge is 2.17. The number of nitrogens with zero attached hydrogens (tertiary/aromatic N) is 1. The van der Waals surface area contributed by atoms with Gasteiger partial charge in [0.1, 0.15) is 6.10 Å². The minimum absolute atomic E-state index is 0.0399. The van der Waals surface area contributed by atoms with E-state index in [0.717, 1.165) is 32.4 Å². The summed E-state index contributed by atoms with van der Waals surface area (Å²) in [5.41, 5.74) is 9.47. The van der Waals surface area contributed by atoms with Crippen molar-refractivity contribution in [3.8, 4) is 0 Å². The third-order valence-electron chi connectivity index (χ3n) is 7.10. The molecule has 0 bridgehead atoms. The predicted octanol–water partition coefficient (Wildman–Crippen LogP) is 7.35. The van der Waals surface area contributed by atoms with Crippen LogP contribution in [0.4, 0.5) is 0 Å². The largest absolute Gasteiger partial charge is 0.367 e. The lowest BCUT2D eigenvalue weighted by molar-refractivity contribution is 0.0650. The van der Waals surface area contributed by atoms with E-state index in [2.05, 4.69) is 127 Å². The van der Waals surface area contributed by atoms with Gasteiger partial charge in [0.15, 0.2) is 0 Å². The van der Waals surface area contributed by atoms with Crippen LogP contribution in [0.5, 0.6) is 0 Å². The van der Waals surface area contributed by atoms with E-state index in [4.69, 9.17) is 4.74 Å². The summed E-state index contributed by atoms with van der Waals surface area (Å²) in [6.45, 7) is 2.58. The average molecular weight is 474 g/mol. The fourth-order valence-electron chi connectivity index (χ4n) is 5.14. The molecule has 0 amide bonds. The van der Waals surface area contributed by atoms with Gasteiger partial charge in [-0.05, 0) is 65.3 Å². The minimum Gasteiger partial charge on any atom is -0.367 e. The third kappa shape index (κ3) is 5.84. The summed E-state index contributed by atoms with van der Waals surface area (Å²) >= 11 is 0. The fraction of sp³-hybridized carbons (Fsp3) is 0.235. The Morgan fingerprint density at radius 3 is 1.72 bits per heavy atom. The summed E-state index contributed by atoms with van der Waals surface area (Å²) in [6.07, 6.45) is 5.62.